The SMILES string of the molecule is O=C1CCC(N2Cc3ccc(C#CC4CC(n5cc(-c6cnc7ccccc7n6)c(C6CC6)n5)C4)cc3C2=O)C(=O)N1. The van der Waals surface area contributed by atoms with Crippen molar-refractivity contribution in [3.05, 3.63) is 77.2 Å². The van der Waals surface area contributed by atoms with E-state index in [0.717, 1.165) is 52.0 Å². The molecule has 1 N–H and O–H groups in total. The molecular weight excluding hydrogens is 528 g/mol. The minimum Gasteiger partial charge on any atom is -0.322 e. The van der Waals surface area contributed by atoms with Crippen LogP contribution in [0.3, 0.4) is 0 Å². The second-order valence-corrected chi connectivity index (χ2v) is 11.8. The highest BCUT2D eigenvalue weighted by atomic mass is 16.2. The third kappa shape index (κ3) is 4.35. The summed E-state index contributed by atoms with van der Waals surface area (Å²) in [6.45, 7) is 0.373. The van der Waals surface area contributed by atoms with E-state index in [9.17, 15) is 14.4 Å². The summed E-state index contributed by atoms with van der Waals surface area (Å²) in [6.07, 6.45) is 8.78. The Balaban J connectivity index is 0.956. The number of amides is 3. The number of imide groups is 1. The number of piperidine rings is 1. The summed E-state index contributed by atoms with van der Waals surface area (Å²) in [5, 5.41) is 7.36. The first kappa shape index (κ1) is 24.9. The van der Waals surface area contributed by atoms with Crippen LogP contribution in [-0.4, -0.2) is 48.4 Å². The number of fused-ring (bicyclic) bond motifs is 2. The average Bonchev–Trinajstić information content (AvgIpc) is 3.65. The number of aromatic nitrogens is 4. The Hall–Kier alpha value is -4.84. The number of benzene rings is 2. The molecule has 208 valence electrons. The van der Waals surface area contributed by atoms with Crippen LogP contribution in [0.4, 0.5) is 0 Å². The number of para-hydroxylation sites is 2. The Bertz CT molecular complexity index is 1860. The molecule has 2 aliphatic heterocycles. The molecule has 4 aliphatic rings. The molecule has 1 atom stereocenters. The zero-order chi connectivity index (χ0) is 28.4. The van der Waals surface area contributed by atoms with Crippen LogP contribution in [0.1, 0.15) is 77.7 Å². The summed E-state index contributed by atoms with van der Waals surface area (Å²) in [7, 11) is 0. The monoisotopic (exact) mass is 556 g/mol. The van der Waals surface area contributed by atoms with Gasteiger partial charge < -0.3 is 4.90 Å². The normalized spacial score (nSPS) is 23.3. The van der Waals surface area contributed by atoms with E-state index in [-0.39, 0.29) is 24.2 Å². The lowest BCUT2D eigenvalue weighted by Crippen LogP contribution is -2.52. The smallest absolute Gasteiger partial charge is 0.255 e. The van der Waals surface area contributed by atoms with E-state index in [0.29, 0.717) is 30.5 Å². The van der Waals surface area contributed by atoms with Crippen LogP contribution < -0.4 is 5.32 Å². The van der Waals surface area contributed by atoms with E-state index >= 15 is 0 Å². The van der Waals surface area contributed by atoms with Gasteiger partial charge in [-0.2, -0.15) is 5.10 Å². The summed E-state index contributed by atoms with van der Waals surface area (Å²) >= 11 is 0. The van der Waals surface area contributed by atoms with Gasteiger partial charge in [-0.1, -0.05) is 30.0 Å². The van der Waals surface area contributed by atoms with Crippen LogP contribution in [0.25, 0.3) is 22.3 Å². The van der Waals surface area contributed by atoms with Crippen molar-refractivity contribution in [3.8, 4) is 23.1 Å². The van der Waals surface area contributed by atoms with Crippen LogP contribution in [0.15, 0.2) is 54.9 Å². The number of carbonyl (C=O) groups is 3. The lowest BCUT2D eigenvalue weighted by atomic mass is 9.80. The molecule has 2 aromatic heterocycles. The molecule has 1 unspecified atom stereocenters. The number of rotatable bonds is 4. The fraction of sp³-hybridized carbons (Fsp3) is 0.333. The number of hydrogen-bond donors (Lipinski definition) is 1. The molecule has 9 heteroatoms. The molecule has 2 aromatic carbocycles. The molecule has 3 amide bonds. The third-order valence-electron chi connectivity index (χ3n) is 8.89. The molecule has 2 saturated carbocycles. The molecule has 4 aromatic rings. The van der Waals surface area contributed by atoms with E-state index in [1.165, 1.54) is 12.8 Å². The zero-order valence-corrected chi connectivity index (χ0v) is 22.9. The highest BCUT2D eigenvalue weighted by Gasteiger charge is 2.39. The van der Waals surface area contributed by atoms with Gasteiger partial charge in [0.25, 0.3) is 5.91 Å². The lowest BCUT2D eigenvalue weighted by Gasteiger charge is -2.32. The van der Waals surface area contributed by atoms with Crippen molar-refractivity contribution in [1.29, 1.82) is 0 Å². The fourth-order valence-corrected chi connectivity index (χ4v) is 6.27. The van der Waals surface area contributed by atoms with Gasteiger partial charge in [-0.05, 0) is 61.9 Å². The molecule has 4 heterocycles. The first-order valence-corrected chi connectivity index (χ1v) is 14.6. The molecule has 0 spiro atoms. The summed E-state index contributed by atoms with van der Waals surface area (Å²) < 4.78 is 2.11. The van der Waals surface area contributed by atoms with E-state index in [2.05, 4.69) is 33.0 Å². The van der Waals surface area contributed by atoms with Crippen LogP contribution in [0, 0.1) is 17.8 Å². The molecule has 3 fully saturated rings. The van der Waals surface area contributed by atoms with Gasteiger partial charge in [-0.25, -0.2) is 4.98 Å². The van der Waals surface area contributed by atoms with Crippen LogP contribution in [0.2, 0.25) is 0 Å². The second-order valence-electron chi connectivity index (χ2n) is 11.8. The van der Waals surface area contributed by atoms with Crippen molar-refractivity contribution >= 4 is 28.8 Å². The average molecular weight is 557 g/mol. The summed E-state index contributed by atoms with van der Waals surface area (Å²) in [5.74, 6) is 6.57. The minimum absolute atomic E-state index is 0.177. The summed E-state index contributed by atoms with van der Waals surface area (Å²) in [6, 6.07) is 13.3. The van der Waals surface area contributed by atoms with Crippen molar-refractivity contribution in [2.24, 2.45) is 5.92 Å². The Labute approximate surface area is 242 Å². The predicted molar refractivity (Wildman–Crippen MR) is 154 cm³/mol. The quantitative estimate of drug-likeness (QED) is 0.299. The van der Waals surface area contributed by atoms with Gasteiger partial charge in [0.2, 0.25) is 11.8 Å². The third-order valence-corrected chi connectivity index (χ3v) is 8.89. The van der Waals surface area contributed by atoms with E-state index < -0.39 is 11.9 Å². The van der Waals surface area contributed by atoms with Gasteiger partial charge in [0.15, 0.2) is 0 Å². The number of carbonyl (C=O) groups excluding carboxylic acids is 3. The fourth-order valence-electron chi connectivity index (χ4n) is 6.27. The van der Waals surface area contributed by atoms with Crippen molar-refractivity contribution in [3.63, 3.8) is 0 Å². The van der Waals surface area contributed by atoms with E-state index in [1.54, 1.807) is 4.90 Å². The molecule has 2 aliphatic carbocycles. The maximum absolute atomic E-state index is 13.1. The Morgan fingerprint density at radius 2 is 1.79 bits per heavy atom. The Kier molecular flexibility index (Phi) is 5.71. The van der Waals surface area contributed by atoms with Crippen molar-refractivity contribution < 1.29 is 14.4 Å². The predicted octanol–water partition coefficient (Wildman–Crippen LogP) is 4.13. The Morgan fingerprint density at radius 1 is 0.952 bits per heavy atom. The highest BCUT2D eigenvalue weighted by molar-refractivity contribution is 6.05. The molecule has 42 heavy (non-hydrogen) atoms. The maximum atomic E-state index is 13.1. The van der Waals surface area contributed by atoms with Crippen LogP contribution in [-0.2, 0) is 16.1 Å². The molecular formula is C33H28N6O3. The lowest BCUT2D eigenvalue weighted by molar-refractivity contribution is -0.136. The van der Waals surface area contributed by atoms with Gasteiger partial charge in [0.05, 0.1) is 34.7 Å². The van der Waals surface area contributed by atoms with Gasteiger partial charge in [0, 0.05) is 47.7 Å². The largest absolute Gasteiger partial charge is 0.322 e. The highest BCUT2D eigenvalue weighted by Crippen LogP contribution is 2.45. The topological polar surface area (TPSA) is 110 Å². The van der Waals surface area contributed by atoms with Crippen molar-refractivity contribution in [2.75, 3.05) is 0 Å². The molecule has 8 rings (SSSR count). The number of hydrogen-bond acceptors (Lipinski definition) is 6. The summed E-state index contributed by atoms with van der Waals surface area (Å²) in [5.41, 5.74) is 7.13. The first-order chi connectivity index (χ1) is 20.5. The maximum Gasteiger partial charge on any atom is 0.255 e. The summed E-state index contributed by atoms with van der Waals surface area (Å²) in [4.78, 5) is 48.0. The van der Waals surface area contributed by atoms with Gasteiger partial charge in [-0.15, -0.1) is 0 Å². The minimum atomic E-state index is -0.611. The zero-order valence-electron chi connectivity index (χ0n) is 22.9. The molecule has 9 nitrogen and oxygen atoms in total. The second kappa shape index (κ2) is 9.62. The van der Waals surface area contributed by atoms with Gasteiger partial charge in [-0.3, -0.25) is 29.4 Å². The van der Waals surface area contributed by atoms with E-state index in [4.69, 9.17) is 10.1 Å². The first-order valence-electron chi connectivity index (χ1n) is 14.6. The standard InChI is InChI=1S/C33H28N6O3/c40-30-12-11-29(32(41)36-30)38-17-22-8-7-19(15-24(22)33(38)42)5-6-20-13-23(14-20)39-18-25(31(37-39)21-9-10-21)28-16-34-26-3-1-2-4-27(26)35-28/h1-4,7-8,15-16,18,20-21,23,29H,9-14,17H2,(H,36,40,41). The molecule has 0 bridgehead atoms. The number of nitrogens with one attached hydrogen (secondary N) is 1. The number of nitrogens with zero attached hydrogens (tertiary/aromatic N) is 5. The van der Waals surface area contributed by atoms with Crippen molar-refractivity contribution in [2.45, 2.75) is 63.1 Å². The van der Waals surface area contributed by atoms with Crippen LogP contribution in [0.5, 0.6) is 0 Å². The van der Waals surface area contributed by atoms with Gasteiger partial charge in [0.1, 0.15) is 6.04 Å². The Morgan fingerprint density at radius 3 is 2.60 bits per heavy atom. The molecule has 0 radical (unpaired) electrons. The van der Waals surface area contributed by atoms with Crippen molar-refractivity contribution in [1.82, 2.24) is 30.0 Å². The molecule has 1 saturated heterocycles. The van der Waals surface area contributed by atoms with Gasteiger partial charge >= 0.3 is 0 Å². The van der Waals surface area contributed by atoms with Crippen LogP contribution >= 0.6 is 0 Å². The van der Waals surface area contributed by atoms with E-state index in [1.807, 2.05) is 48.7 Å².